The van der Waals surface area contributed by atoms with Crippen molar-refractivity contribution < 1.29 is 23.5 Å². The van der Waals surface area contributed by atoms with Gasteiger partial charge >= 0.3 is 0 Å². The van der Waals surface area contributed by atoms with Crippen molar-refractivity contribution in [1.29, 1.82) is 0 Å². The molecule has 0 saturated carbocycles. The van der Waals surface area contributed by atoms with Gasteiger partial charge in [0.05, 0.1) is 11.8 Å². The number of oxime groups is 1. The van der Waals surface area contributed by atoms with Gasteiger partial charge in [-0.25, -0.2) is 8.78 Å². The van der Waals surface area contributed by atoms with E-state index in [9.17, 15) is 18.7 Å². The van der Waals surface area contributed by atoms with Crippen molar-refractivity contribution in [1.82, 2.24) is 5.32 Å². The van der Waals surface area contributed by atoms with Crippen LogP contribution in [0, 0.1) is 17.6 Å². The molecule has 1 aliphatic heterocycles. The van der Waals surface area contributed by atoms with Gasteiger partial charge in [0, 0.05) is 18.5 Å². The van der Waals surface area contributed by atoms with Crippen molar-refractivity contribution in [3.63, 3.8) is 0 Å². The van der Waals surface area contributed by atoms with Crippen LogP contribution in [0.4, 0.5) is 8.78 Å². The highest BCUT2D eigenvalue weighted by atomic mass is 19.1. The zero-order chi connectivity index (χ0) is 17.0. The maximum atomic E-state index is 13.7. The van der Waals surface area contributed by atoms with Gasteiger partial charge in [0.25, 0.3) is 5.91 Å². The molecular weight excluding hydrogens is 306 g/mol. The summed E-state index contributed by atoms with van der Waals surface area (Å²) in [5, 5.41) is 16.0. The molecular formula is C16H20F2N2O3. The number of halogens is 2. The summed E-state index contributed by atoms with van der Waals surface area (Å²) in [4.78, 5) is 17.0. The summed E-state index contributed by atoms with van der Waals surface area (Å²) in [7, 11) is 0. The van der Waals surface area contributed by atoms with Gasteiger partial charge in [0.1, 0.15) is 11.6 Å². The Hall–Kier alpha value is -2.02. The maximum Gasteiger partial charge on any atom is 0.264 e. The van der Waals surface area contributed by atoms with Gasteiger partial charge in [-0.05, 0) is 30.5 Å². The van der Waals surface area contributed by atoms with Crippen LogP contribution in [0.3, 0.4) is 0 Å². The minimum atomic E-state index is -0.871. The number of hydrogen-bond acceptors (Lipinski definition) is 4. The summed E-state index contributed by atoms with van der Waals surface area (Å²) in [6.07, 6.45) is -0.863. The summed E-state index contributed by atoms with van der Waals surface area (Å²) in [5.41, 5.74) is 0.194. The molecule has 1 aromatic rings. The smallest absolute Gasteiger partial charge is 0.264 e. The van der Waals surface area contributed by atoms with Gasteiger partial charge in [-0.2, -0.15) is 0 Å². The van der Waals surface area contributed by atoms with E-state index in [0.717, 1.165) is 18.2 Å². The first kappa shape index (κ1) is 17.3. The molecule has 2 N–H and O–H groups in total. The average Bonchev–Trinajstić information content (AvgIpc) is 2.99. The fourth-order valence-electron chi connectivity index (χ4n) is 2.19. The highest BCUT2D eigenvalue weighted by molar-refractivity contribution is 6.04. The van der Waals surface area contributed by atoms with Crippen LogP contribution in [-0.2, 0) is 9.63 Å². The second kappa shape index (κ2) is 7.50. The van der Waals surface area contributed by atoms with E-state index in [2.05, 4.69) is 10.5 Å². The van der Waals surface area contributed by atoms with Crippen LogP contribution in [-0.4, -0.2) is 35.5 Å². The zero-order valence-corrected chi connectivity index (χ0v) is 13.1. The van der Waals surface area contributed by atoms with Gasteiger partial charge in [0.15, 0.2) is 0 Å². The maximum absolute atomic E-state index is 13.7. The second-order valence-electron chi connectivity index (χ2n) is 5.85. The van der Waals surface area contributed by atoms with Crippen molar-refractivity contribution >= 4 is 11.6 Å². The van der Waals surface area contributed by atoms with Crippen molar-refractivity contribution in [3.8, 4) is 0 Å². The van der Waals surface area contributed by atoms with E-state index in [1.54, 1.807) is 0 Å². The topological polar surface area (TPSA) is 70.9 Å². The zero-order valence-electron chi connectivity index (χ0n) is 13.1. The number of hydrogen-bond donors (Lipinski definition) is 2. The van der Waals surface area contributed by atoms with Crippen LogP contribution >= 0.6 is 0 Å². The monoisotopic (exact) mass is 326 g/mol. The highest BCUT2D eigenvalue weighted by Gasteiger charge is 2.30. The molecule has 126 valence electrons. The minimum absolute atomic E-state index is 0.00414. The fraction of sp³-hybridized carbons (Fsp3) is 0.500. The molecule has 1 heterocycles. The lowest BCUT2D eigenvalue weighted by Gasteiger charge is -2.15. The third kappa shape index (κ3) is 4.48. The first-order valence-electron chi connectivity index (χ1n) is 7.52. The fourth-order valence-corrected chi connectivity index (χ4v) is 2.19. The number of aliphatic hydroxyl groups is 1. The molecule has 0 radical (unpaired) electrons. The van der Waals surface area contributed by atoms with E-state index in [1.165, 1.54) is 0 Å². The Morgan fingerprint density at radius 1 is 1.48 bits per heavy atom. The molecule has 1 aromatic carbocycles. The Balaban J connectivity index is 1.86. The summed E-state index contributed by atoms with van der Waals surface area (Å²) < 4.78 is 26.9. The van der Waals surface area contributed by atoms with Gasteiger partial charge < -0.3 is 15.3 Å². The van der Waals surface area contributed by atoms with Crippen molar-refractivity contribution in [2.75, 3.05) is 6.54 Å². The molecule has 0 aromatic heterocycles. The third-order valence-corrected chi connectivity index (χ3v) is 3.71. The summed E-state index contributed by atoms with van der Waals surface area (Å²) in [6, 6.07) is 3.05. The normalized spacial score (nSPS) is 18.5. The van der Waals surface area contributed by atoms with Crippen molar-refractivity contribution in [2.24, 2.45) is 11.1 Å². The van der Waals surface area contributed by atoms with E-state index in [4.69, 9.17) is 4.84 Å². The van der Waals surface area contributed by atoms with Gasteiger partial charge in [-0.1, -0.05) is 19.0 Å². The summed E-state index contributed by atoms with van der Waals surface area (Å²) in [6.45, 7) is 4.09. The van der Waals surface area contributed by atoms with Crippen LogP contribution in [0.5, 0.6) is 0 Å². The predicted octanol–water partition coefficient (Wildman–Crippen LogP) is 1.98. The van der Waals surface area contributed by atoms with E-state index in [0.29, 0.717) is 13.0 Å². The average molecular weight is 326 g/mol. The molecule has 5 nitrogen and oxygen atoms in total. The Morgan fingerprint density at radius 3 is 2.91 bits per heavy atom. The van der Waals surface area contributed by atoms with Gasteiger partial charge in [-0.3, -0.25) is 4.79 Å². The molecule has 2 unspecified atom stereocenters. The number of carbonyl (C=O) groups excluding carboxylic acids is 1. The largest absolute Gasteiger partial charge is 0.393 e. The van der Waals surface area contributed by atoms with Crippen LogP contribution in [0.25, 0.3) is 0 Å². The van der Waals surface area contributed by atoms with E-state index >= 15 is 0 Å². The van der Waals surface area contributed by atoms with E-state index in [-0.39, 0.29) is 23.6 Å². The molecule has 2 rings (SSSR count). The van der Waals surface area contributed by atoms with E-state index in [1.807, 2.05) is 13.8 Å². The lowest BCUT2D eigenvalue weighted by molar-refractivity contribution is -0.131. The minimum Gasteiger partial charge on any atom is -0.393 e. The number of nitrogens with one attached hydrogen (secondary N) is 1. The molecule has 2 atom stereocenters. The number of rotatable bonds is 6. The van der Waals surface area contributed by atoms with Gasteiger partial charge in [-0.15, -0.1) is 0 Å². The second-order valence-corrected chi connectivity index (χ2v) is 5.85. The molecule has 1 amide bonds. The molecule has 0 fully saturated rings. The Morgan fingerprint density at radius 2 is 2.22 bits per heavy atom. The lowest BCUT2D eigenvalue weighted by atomic mass is 10.0. The third-order valence-electron chi connectivity index (χ3n) is 3.71. The Labute approximate surface area is 133 Å². The Kier molecular flexibility index (Phi) is 5.65. The molecule has 0 saturated heterocycles. The number of aliphatic hydroxyl groups excluding tert-OH is 1. The lowest BCUT2D eigenvalue weighted by Crippen LogP contribution is -2.36. The summed E-state index contributed by atoms with van der Waals surface area (Å²) in [5.74, 6) is -1.48. The van der Waals surface area contributed by atoms with Crippen LogP contribution in [0.1, 0.15) is 32.3 Å². The molecule has 0 spiro atoms. The van der Waals surface area contributed by atoms with Crippen LogP contribution in [0.15, 0.2) is 23.4 Å². The SMILES string of the molecule is CC(C)C(O)CCNC(=O)C1CC(c2cc(F)ccc2F)=NO1. The highest BCUT2D eigenvalue weighted by Crippen LogP contribution is 2.20. The first-order valence-corrected chi connectivity index (χ1v) is 7.52. The standard InChI is InChI=1S/C16H20F2N2O3/c1-9(2)14(21)5-6-19-16(22)15-8-13(20-23-15)11-7-10(17)3-4-12(11)18/h3-4,7,9,14-15,21H,5-6,8H2,1-2H3,(H,19,22). The molecule has 7 heteroatoms. The molecule has 1 aliphatic rings. The Bertz CT molecular complexity index is 605. The molecule has 0 aliphatic carbocycles. The number of amides is 1. The number of benzene rings is 1. The predicted molar refractivity (Wildman–Crippen MR) is 80.9 cm³/mol. The van der Waals surface area contributed by atoms with Gasteiger partial charge in [0.2, 0.25) is 6.10 Å². The van der Waals surface area contributed by atoms with Crippen molar-refractivity contribution in [2.45, 2.75) is 38.9 Å². The van der Waals surface area contributed by atoms with E-state index < -0.39 is 29.7 Å². The number of carbonyl (C=O) groups is 1. The molecule has 23 heavy (non-hydrogen) atoms. The van der Waals surface area contributed by atoms with Crippen LogP contribution < -0.4 is 5.32 Å². The molecule has 0 bridgehead atoms. The quantitative estimate of drug-likeness (QED) is 0.840. The van der Waals surface area contributed by atoms with Crippen molar-refractivity contribution in [3.05, 3.63) is 35.4 Å². The van der Waals surface area contributed by atoms with Crippen LogP contribution in [0.2, 0.25) is 0 Å². The first-order chi connectivity index (χ1) is 10.9. The number of nitrogens with zero attached hydrogens (tertiary/aromatic N) is 1. The summed E-state index contributed by atoms with van der Waals surface area (Å²) >= 11 is 0.